The Kier molecular flexibility index (Phi) is 4.68. The van der Waals surface area contributed by atoms with Gasteiger partial charge in [0.25, 0.3) is 0 Å². The Labute approximate surface area is 148 Å². The molecule has 0 unspecified atom stereocenters. The quantitative estimate of drug-likeness (QED) is 0.758. The van der Waals surface area contributed by atoms with Gasteiger partial charge < -0.3 is 0 Å². The van der Waals surface area contributed by atoms with Gasteiger partial charge >= 0.3 is 0 Å². The maximum atomic E-state index is 12.2. The Hall–Kier alpha value is -1.80. The molecule has 0 saturated carbocycles. The molecule has 134 valence electrons. The van der Waals surface area contributed by atoms with Crippen LogP contribution in [0.4, 0.5) is 0 Å². The molecule has 0 amide bonds. The lowest BCUT2D eigenvalue weighted by Gasteiger charge is -2.13. The highest BCUT2D eigenvalue weighted by molar-refractivity contribution is 7.90. The van der Waals surface area contributed by atoms with Crippen molar-refractivity contribution < 1.29 is 16.8 Å². The van der Waals surface area contributed by atoms with Gasteiger partial charge in [0.1, 0.15) is 0 Å². The van der Waals surface area contributed by atoms with Gasteiger partial charge in [-0.3, -0.25) is 0 Å². The Morgan fingerprint density at radius 2 is 1.56 bits per heavy atom. The monoisotopic (exact) mass is 380 g/mol. The van der Waals surface area contributed by atoms with E-state index in [2.05, 4.69) is 9.97 Å². The summed E-state index contributed by atoms with van der Waals surface area (Å²) in [5.74, 6) is 0. The molecule has 2 heterocycles. The number of fused-ring (bicyclic) bond motifs is 1. The average Bonchev–Trinajstić information content (AvgIpc) is 2.77. The topological polar surface area (TPSA) is 94.1 Å². The predicted molar refractivity (Wildman–Crippen MR) is 94.9 cm³/mol. The molecule has 2 aromatic rings. The number of rotatable bonds is 3. The van der Waals surface area contributed by atoms with Gasteiger partial charge in [-0.15, -0.1) is 0 Å². The van der Waals surface area contributed by atoms with Crippen LogP contribution in [0.5, 0.6) is 0 Å². The number of pyridine rings is 2. The normalized spacial score (nSPS) is 15.4. The molecule has 1 aliphatic carbocycles. The second-order valence-corrected chi connectivity index (χ2v) is 10.3. The SMILES string of the molecule is CS(=O)(=O)c1cccc(-c2cc3c(c(S(C)(=O)=O)n2)CCCCC3)n1. The molecule has 1 aliphatic rings. The molecular weight excluding hydrogens is 360 g/mol. The van der Waals surface area contributed by atoms with Crippen molar-refractivity contribution >= 4 is 19.7 Å². The number of nitrogens with zero attached hydrogens (tertiary/aromatic N) is 2. The molecule has 0 N–H and O–H groups in total. The second kappa shape index (κ2) is 6.49. The van der Waals surface area contributed by atoms with Crippen LogP contribution < -0.4 is 0 Å². The van der Waals surface area contributed by atoms with Crippen molar-refractivity contribution in [3.8, 4) is 11.4 Å². The summed E-state index contributed by atoms with van der Waals surface area (Å²) in [6.07, 6.45) is 6.72. The van der Waals surface area contributed by atoms with E-state index in [-0.39, 0.29) is 10.1 Å². The molecule has 8 heteroatoms. The maximum Gasteiger partial charge on any atom is 0.193 e. The zero-order valence-electron chi connectivity index (χ0n) is 14.2. The first kappa shape index (κ1) is 18.0. The predicted octanol–water partition coefficient (Wildman–Crippen LogP) is 2.22. The van der Waals surface area contributed by atoms with Crippen LogP contribution in [0.2, 0.25) is 0 Å². The zero-order valence-corrected chi connectivity index (χ0v) is 15.8. The summed E-state index contributed by atoms with van der Waals surface area (Å²) in [5.41, 5.74) is 2.52. The lowest BCUT2D eigenvalue weighted by molar-refractivity contribution is 0.594. The first-order valence-electron chi connectivity index (χ1n) is 8.06. The van der Waals surface area contributed by atoms with Gasteiger partial charge in [0.2, 0.25) is 0 Å². The minimum atomic E-state index is -3.49. The van der Waals surface area contributed by atoms with Crippen LogP contribution in [0.1, 0.15) is 30.4 Å². The van der Waals surface area contributed by atoms with Gasteiger partial charge in [-0.25, -0.2) is 26.8 Å². The van der Waals surface area contributed by atoms with E-state index in [9.17, 15) is 16.8 Å². The summed E-state index contributed by atoms with van der Waals surface area (Å²) in [4.78, 5) is 8.51. The summed E-state index contributed by atoms with van der Waals surface area (Å²) >= 11 is 0. The van der Waals surface area contributed by atoms with Gasteiger partial charge in [-0.2, -0.15) is 0 Å². The largest absolute Gasteiger partial charge is 0.235 e. The van der Waals surface area contributed by atoms with Crippen molar-refractivity contribution in [2.24, 2.45) is 0 Å². The molecule has 3 rings (SSSR count). The van der Waals surface area contributed by atoms with E-state index >= 15 is 0 Å². The number of hydrogen-bond acceptors (Lipinski definition) is 6. The van der Waals surface area contributed by atoms with Crippen molar-refractivity contribution in [2.75, 3.05) is 12.5 Å². The lowest BCUT2D eigenvalue weighted by Crippen LogP contribution is -2.10. The average molecular weight is 380 g/mol. The Morgan fingerprint density at radius 3 is 2.24 bits per heavy atom. The molecule has 0 atom stereocenters. The molecule has 2 aromatic heterocycles. The van der Waals surface area contributed by atoms with Crippen molar-refractivity contribution in [3.05, 3.63) is 35.4 Å². The van der Waals surface area contributed by atoms with Crippen LogP contribution in [0, 0.1) is 0 Å². The minimum Gasteiger partial charge on any atom is -0.235 e. The molecule has 0 fully saturated rings. The molecule has 25 heavy (non-hydrogen) atoms. The first-order valence-corrected chi connectivity index (χ1v) is 11.8. The minimum absolute atomic E-state index is 0.0531. The second-order valence-electron chi connectivity index (χ2n) is 6.42. The van der Waals surface area contributed by atoms with E-state index in [1.165, 1.54) is 6.07 Å². The molecule has 0 bridgehead atoms. The lowest BCUT2D eigenvalue weighted by atomic mass is 10.0. The molecule has 0 aromatic carbocycles. The molecule has 6 nitrogen and oxygen atoms in total. The van der Waals surface area contributed by atoms with Crippen molar-refractivity contribution in [3.63, 3.8) is 0 Å². The van der Waals surface area contributed by atoms with E-state index in [4.69, 9.17) is 0 Å². The van der Waals surface area contributed by atoms with Gasteiger partial charge in [0.05, 0.1) is 11.4 Å². The highest BCUT2D eigenvalue weighted by Gasteiger charge is 2.22. The number of aromatic nitrogens is 2. The molecular formula is C17H20N2O4S2. The highest BCUT2D eigenvalue weighted by Crippen LogP contribution is 2.29. The van der Waals surface area contributed by atoms with E-state index < -0.39 is 19.7 Å². The fourth-order valence-corrected chi connectivity index (χ4v) is 4.62. The summed E-state index contributed by atoms with van der Waals surface area (Å²) in [6, 6.07) is 6.50. The van der Waals surface area contributed by atoms with Crippen molar-refractivity contribution in [2.45, 2.75) is 42.2 Å². The fraction of sp³-hybridized carbons (Fsp3) is 0.412. The van der Waals surface area contributed by atoms with Crippen LogP contribution >= 0.6 is 0 Å². The fourth-order valence-electron chi connectivity index (χ4n) is 3.09. The number of sulfone groups is 2. The number of hydrogen-bond donors (Lipinski definition) is 0. The van der Waals surface area contributed by atoms with Crippen LogP contribution in [0.15, 0.2) is 34.3 Å². The van der Waals surface area contributed by atoms with Gasteiger partial charge in [0.15, 0.2) is 29.7 Å². The van der Waals surface area contributed by atoms with Crippen LogP contribution in [0.3, 0.4) is 0 Å². The van der Waals surface area contributed by atoms with Crippen molar-refractivity contribution in [1.82, 2.24) is 9.97 Å². The van der Waals surface area contributed by atoms with Crippen LogP contribution in [0.25, 0.3) is 11.4 Å². The summed E-state index contributed by atoms with van der Waals surface area (Å²) in [6.45, 7) is 0. The first-order chi connectivity index (χ1) is 11.7. The van der Waals surface area contributed by atoms with Crippen LogP contribution in [-0.4, -0.2) is 39.3 Å². The Bertz CT molecular complexity index is 1030. The van der Waals surface area contributed by atoms with Gasteiger partial charge in [-0.05, 0) is 55.0 Å². The van der Waals surface area contributed by atoms with E-state index in [0.717, 1.165) is 49.3 Å². The van der Waals surface area contributed by atoms with E-state index in [1.807, 2.05) is 6.07 Å². The van der Waals surface area contributed by atoms with Crippen molar-refractivity contribution in [1.29, 1.82) is 0 Å². The third kappa shape index (κ3) is 3.90. The summed E-state index contributed by atoms with van der Waals surface area (Å²) in [5, 5.41) is 0.0381. The summed E-state index contributed by atoms with van der Waals surface area (Å²) < 4.78 is 48.0. The zero-order chi connectivity index (χ0) is 18.2. The Morgan fingerprint density at radius 1 is 0.840 bits per heavy atom. The third-order valence-corrected chi connectivity index (χ3v) is 6.30. The smallest absolute Gasteiger partial charge is 0.193 e. The number of aryl methyl sites for hydroxylation is 1. The standard InChI is InChI=1S/C17H20N2O4S2/c1-24(20,21)16-10-6-9-14(18-16)15-11-12-7-4-3-5-8-13(12)17(19-15)25(2,22)23/h6,9-11H,3-5,7-8H2,1-2H3. The highest BCUT2D eigenvalue weighted by atomic mass is 32.2. The molecule has 0 spiro atoms. The van der Waals surface area contributed by atoms with E-state index in [1.54, 1.807) is 12.1 Å². The molecule has 0 radical (unpaired) electrons. The van der Waals surface area contributed by atoms with Gasteiger partial charge in [0, 0.05) is 12.5 Å². The third-order valence-electron chi connectivity index (χ3n) is 4.27. The maximum absolute atomic E-state index is 12.2. The summed E-state index contributed by atoms with van der Waals surface area (Å²) in [7, 11) is -6.94. The molecule has 0 aliphatic heterocycles. The Balaban J connectivity index is 2.23. The van der Waals surface area contributed by atoms with E-state index in [0.29, 0.717) is 17.8 Å². The van der Waals surface area contributed by atoms with Crippen LogP contribution in [-0.2, 0) is 32.5 Å². The van der Waals surface area contributed by atoms with Gasteiger partial charge in [-0.1, -0.05) is 12.5 Å². The molecule has 0 saturated heterocycles.